The molecule has 0 aliphatic carbocycles. The summed E-state index contributed by atoms with van der Waals surface area (Å²) in [7, 11) is 0. The number of pyridine rings is 1. The summed E-state index contributed by atoms with van der Waals surface area (Å²) < 4.78 is 18.3. The van der Waals surface area contributed by atoms with Crippen molar-refractivity contribution in [1.29, 1.82) is 0 Å². The van der Waals surface area contributed by atoms with Crippen molar-refractivity contribution in [2.45, 2.75) is 5.92 Å². The molecule has 0 radical (unpaired) electrons. The zero-order valence-corrected chi connectivity index (χ0v) is 13.1. The third-order valence-electron chi connectivity index (χ3n) is 4.27. The minimum atomic E-state index is -0.350. The van der Waals surface area contributed by atoms with Gasteiger partial charge in [0, 0.05) is 43.4 Å². The highest BCUT2D eigenvalue weighted by Gasteiger charge is 2.36. The number of aliphatic hydroxyl groups excluding tert-OH is 1. The van der Waals surface area contributed by atoms with Crippen LogP contribution in [0.5, 0.6) is 5.75 Å². The van der Waals surface area contributed by atoms with E-state index in [1.807, 2.05) is 18.2 Å². The molecule has 2 heterocycles. The minimum Gasteiger partial charge on any atom is -0.484 e. The van der Waals surface area contributed by atoms with E-state index in [0.29, 0.717) is 18.8 Å². The average Bonchev–Trinajstić information content (AvgIpc) is 3.06. The smallest absolute Gasteiger partial charge is 0.260 e. The Bertz CT molecular complexity index is 678. The molecule has 2 atom stereocenters. The maximum atomic E-state index is 12.9. The standard InChI is InChI=1S/C18H19FN2O3/c19-14-4-6-15(7-5-14)24-12-18(23)21-9-13(11-22)16(10-21)17-3-1-2-8-20-17/h1-8,13,16,22H,9-12H2/t13-,16+/m0/s1. The Kier molecular flexibility index (Phi) is 5.05. The van der Waals surface area contributed by atoms with Crippen molar-refractivity contribution in [2.24, 2.45) is 5.92 Å². The van der Waals surface area contributed by atoms with Crippen LogP contribution in [0, 0.1) is 11.7 Å². The molecule has 1 amide bonds. The summed E-state index contributed by atoms with van der Waals surface area (Å²) in [5, 5.41) is 9.60. The van der Waals surface area contributed by atoms with Crippen LogP contribution in [0.15, 0.2) is 48.7 Å². The van der Waals surface area contributed by atoms with Gasteiger partial charge in [0.15, 0.2) is 6.61 Å². The highest BCUT2D eigenvalue weighted by atomic mass is 19.1. The van der Waals surface area contributed by atoms with E-state index in [0.717, 1.165) is 5.69 Å². The van der Waals surface area contributed by atoms with Gasteiger partial charge in [0.2, 0.25) is 0 Å². The van der Waals surface area contributed by atoms with Crippen LogP contribution < -0.4 is 4.74 Å². The van der Waals surface area contributed by atoms with Gasteiger partial charge in [-0.05, 0) is 36.4 Å². The molecule has 1 aliphatic heterocycles. The molecule has 6 heteroatoms. The fourth-order valence-corrected chi connectivity index (χ4v) is 2.96. The van der Waals surface area contributed by atoms with E-state index in [-0.39, 0.29) is 36.8 Å². The fourth-order valence-electron chi connectivity index (χ4n) is 2.96. The minimum absolute atomic E-state index is 0.00381. The molecular formula is C18H19FN2O3. The Morgan fingerprint density at radius 2 is 2.04 bits per heavy atom. The molecule has 5 nitrogen and oxygen atoms in total. The molecule has 0 unspecified atom stereocenters. The van der Waals surface area contributed by atoms with Gasteiger partial charge in [-0.1, -0.05) is 6.07 Å². The Labute approximate surface area is 139 Å². The fraction of sp³-hybridized carbons (Fsp3) is 0.333. The van der Waals surface area contributed by atoms with E-state index in [4.69, 9.17) is 4.74 Å². The van der Waals surface area contributed by atoms with Gasteiger partial charge in [0.05, 0.1) is 0 Å². The Balaban J connectivity index is 1.60. The summed E-state index contributed by atoms with van der Waals surface area (Å²) in [5.74, 6) is -0.0713. The molecule has 0 spiro atoms. The number of aromatic nitrogens is 1. The quantitative estimate of drug-likeness (QED) is 0.909. The summed E-state index contributed by atoms with van der Waals surface area (Å²) >= 11 is 0. The molecule has 1 aliphatic rings. The van der Waals surface area contributed by atoms with Crippen molar-refractivity contribution in [3.8, 4) is 5.75 Å². The molecule has 1 saturated heterocycles. The molecular weight excluding hydrogens is 311 g/mol. The number of carbonyl (C=O) groups is 1. The molecule has 3 rings (SSSR count). The third kappa shape index (κ3) is 3.71. The van der Waals surface area contributed by atoms with Gasteiger partial charge in [-0.3, -0.25) is 9.78 Å². The van der Waals surface area contributed by atoms with Crippen LogP contribution in [0.3, 0.4) is 0 Å². The summed E-state index contributed by atoms with van der Waals surface area (Å²) in [5.41, 5.74) is 0.881. The largest absolute Gasteiger partial charge is 0.484 e. The summed E-state index contributed by atoms with van der Waals surface area (Å²) in [4.78, 5) is 18.4. The van der Waals surface area contributed by atoms with E-state index < -0.39 is 0 Å². The second-order valence-corrected chi connectivity index (χ2v) is 5.85. The van der Waals surface area contributed by atoms with Gasteiger partial charge in [0.1, 0.15) is 11.6 Å². The monoisotopic (exact) mass is 330 g/mol. The van der Waals surface area contributed by atoms with Crippen LogP contribution in [0.4, 0.5) is 4.39 Å². The van der Waals surface area contributed by atoms with Crippen LogP contribution in [0.1, 0.15) is 11.6 Å². The first-order valence-electron chi connectivity index (χ1n) is 7.85. The lowest BCUT2D eigenvalue weighted by molar-refractivity contribution is -0.132. The van der Waals surface area contributed by atoms with Crippen molar-refractivity contribution < 1.29 is 19.0 Å². The molecule has 126 valence electrons. The van der Waals surface area contributed by atoms with Gasteiger partial charge >= 0.3 is 0 Å². The van der Waals surface area contributed by atoms with Crippen LogP contribution in [0.25, 0.3) is 0 Å². The van der Waals surface area contributed by atoms with Gasteiger partial charge < -0.3 is 14.7 Å². The number of carbonyl (C=O) groups excluding carboxylic acids is 1. The van der Waals surface area contributed by atoms with Gasteiger partial charge in [-0.15, -0.1) is 0 Å². The zero-order chi connectivity index (χ0) is 16.9. The molecule has 1 fully saturated rings. The Morgan fingerprint density at radius 1 is 1.25 bits per heavy atom. The van der Waals surface area contributed by atoms with Crippen LogP contribution in [-0.4, -0.2) is 47.2 Å². The first kappa shape index (κ1) is 16.4. The number of hydrogen-bond acceptors (Lipinski definition) is 4. The Hall–Kier alpha value is -2.47. The topological polar surface area (TPSA) is 62.7 Å². The number of likely N-dealkylation sites (tertiary alicyclic amines) is 1. The number of halogens is 1. The molecule has 0 saturated carbocycles. The molecule has 1 aromatic heterocycles. The van der Waals surface area contributed by atoms with Crippen LogP contribution in [-0.2, 0) is 4.79 Å². The first-order valence-corrected chi connectivity index (χ1v) is 7.85. The number of nitrogens with zero attached hydrogens (tertiary/aromatic N) is 2. The predicted octanol–water partition coefficient (Wildman–Crippen LogP) is 1.83. The molecule has 24 heavy (non-hydrogen) atoms. The van der Waals surface area contributed by atoms with E-state index in [9.17, 15) is 14.3 Å². The van der Waals surface area contributed by atoms with Crippen molar-refractivity contribution in [1.82, 2.24) is 9.88 Å². The maximum Gasteiger partial charge on any atom is 0.260 e. The molecule has 1 N–H and O–H groups in total. The Morgan fingerprint density at radius 3 is 2.71 bits per heavy atom. The van der Waals surface area contributed by atoms with Gasteiger partial charge in [0.25, 0.3) is 5.91 Å². The van der Waals surface area contributed by atoms with Crippen molar-refractivity contribution in [3.05, 3.63) is 60.2 Å². The molecule has 2 aromatic rings. The van der Waals surface area contributed by atoms with Crippen molar-refractivity contribution >= 4 is 5.91 Å². The van der Waals surface area contributed by atoms with Crippen LogP contribution >= 0.6 is 0 Å². The van der Waals surface area contributed by atoms with Gasteiger partial charge in [-0.2, -0.15) is 0 Å². The number of aliphatic hydroxyl groups is 1. The maximum absolute atomic E-state index is 12.9. The lowest BCUT2D eigenvalue weighted by Crippen LogP contribution is -2.33. The van der Waals surface area contributed by atoms with Crippen molar-refractivity contribution in [3.63, 3.8) is 0 Å². The van der Waals surface area contributed by atoms with E-state index >= 15 is 0 Å². The lowest BCUT2D eigenvalue weighted by Gasteiger charge is -2.16. The van der Waals surface area contributed by atoms with Gasteiger partial charge in [-0.25, -0.2) is 4.39 Å². The summed E-state index contributed by atoms with van der Waals surface area (Å²) in [6.07, 6.45) is 1.71. The lowest BCUT2D eigenvalue weighted by atomic mass is 9.93. The van der Waals surface area contributed by atoms with E-state index in [1.54, 1.807) is 11.1 Å². The number of hydrogen-bond donors (Lipinski definition) is 1. The highest BCUT2D eigenvalue weighted by Crippen LogP contribution is 2.31. The third-order valence-corrected chi connectivity index (χ3v) is 4.27. The number of ether oxygens (including phenoxy) is 1. The second-order valence-electron chi connectivity index (χ2n) is 5.85. The van der Waals surface area contributed by atoms with Crippen LogP contribution in [0.2, 0.25) is 0 Å². The molecule has 1 aromatic carbocycles. The second kappa shape index (κ2) is 7.40. The zero-order valence-electron chi connectivity index (χ0n) is 13.1. The van der Waals surface area contributed by atoms with Crippen molar-refractivity contribution in [2.75, 3.05) is 26.3 Å². The SMILES string of the molecule is O=C(COc1ccc(F)cc1)N1C[C@@H](CO)[C@H](c2ccccn2)C1. The number of benzene rings is 1. The average molecular weight is 330 g/mol. The predicted molar refractivity (Wildman–Crippen MR) is 86.0 cm³/mol. The highest BCUT2D eigenvalue weighted by molar-refractivity contribution is 5.78. The van der Waals surface area contributed by atoms with E-state index in [2.05, 4.69) is 4.98 Å². The summed E-state index contributed by atoms with van der Waals surface area (Å²) in [6.45, 7) is 0.875. The summed E-state index contributed by atoms with van der Waals surface area (Å²) in [6, 6.07) is 11.2. The first-order chi connectivity index (χ1) is 11.7. The normalized spacial score (nSPS) is 20.2. The number of amides is 1. The number of rotatable bonds is 5. The van der Waals surface area contributed by atoms with E-state index in [1.165, 1.54) is 24.3 Å². The molecule has 0 bridgehead atoms.